The summed E-state index contributed by atoms with van der Waals surface area (Å²) in [7, 11) is 1.78. The third-order valence-electron chi connectivity index (χ3n) is 2.76. The molecule has 1 heterocycles. The fraction of sp³-hybridized carbons (Fsp3) is 0.600. The van der Waals surface area contributed by atoms with Crippen molar-refractivity contribution in [2.24, 2.45) is 0 Å². The van der Waals surface area contributed by atoms with Gasteiger partial charge in [-0.1, -0.05) is 0 Å². The Balaban J connectivity index is 1.72. The van der Waals surface area contributed by atoms with E-state index in [0.717, 1.165) is 25.1 Å². The molecule has 1 saturated carbocycles. The van der Waals surface area contributed by atoms with Gasteiger partial charge < -0.3 is 15.8 Å². The number of nitrogens with two attached hydrogens (primary N) is 1. The van der Waals surface area contributed by atoms with Crippen LogP contribution in [0.1, 0.15) is 17.7 Å². The highest BCUT2D eigenvalue weighted by Gasteiger charge is 2.28. The largest absolute Gasteiger partial charge is 0.398 e. The summed E-state index contributed by atoms with van der Waals surface area (Å²) in [5, 5.41) is 5.51. The number of hydrogen-bond donors (Lipinski definition) is 2. The molecule has 1 aromatic rings. The Morgan fingerprint density at radius 2 is 2.43 bits per heavy atom. The lowest BCUT2D eigenvalue weighted by Gasteiger charge is -2.34. The summed E-state index contributed by atoms with van der Waals surface area (Å²) in [5.41, 5.74) is 6.69. The SMILES string of the molecule is COC1CC(NCc2sccc2N)C1. The number of hydrogen-bond acceptors (Lipinski definition) is 4. The van der Waals surface area contributed by atoms with Gasteiger partial charge in [-0.2, -0.15) is 0 Å². The maximum atomic E-state index is 5.79. The van der Waals surface area contributed by atoms with E-state index in [1.807, 2.05) is 11.4 Å². The molecule has 0 amide bonds. The zero-order chi connectivity index (χ0) is 9.97. The molecule has 1 aromatic heterocycles. The van der Waals surface area contributed by atoms with Crippen LogP contribution in [-0.2, 0) is 11.3 Å². The number of anilines is 1. The smallest absolute Gasteiger partial charge is 0.0601 e. The summed E-state index contributed by atoms with van der Waals surface area (Å²) >= 11 is 1.71. The van der Waals surface area contributed by atoms with Crippen LogP contribution in [0.25, 0.3) is 0 Å². The van der Waals surface area contributed by atoms with E-state index in [4.69, 9.17) is 10.5 Å². The predicted octanol–water partition coefficient (Wildman–Crippen LogP) is 1.60. The summed E-state index contributed by atoms with van der Waals surface area (Å²) in [5.74, 6) is 0. The molecule has 0 atom stereocenters. The second-order valence-corrected chi connectivity index (χ2v) is 4.71. The van der Waals surface area contributed by atoms with Crippen molar-refractivity contribution in [3.8, 4) is 0 Å². The average molecular weight is 212 g/mol. The monoisotopic (exact) mass is 212 g/mol. The minimum absolute atomic E-state index is 0.466. The third-order valence-corrected chi connectivity index (χ3v) is 3.70. The van der Waals surface area contributed by atoms with E-state index in [2.05, 4.69) is 5.32 Å². The van der Waals surface area contributed by atoms with Crippen LogP contribution < -0.4 is 11.1 Å². The zero-order valence-electron chi connectivity index (χ0n) is 8.32. The van der Waals surface area contributed by atoms with Crippen LogP contribution in [0, 0.1) is 0 Å². The molecule has 0 unspecified atom stereocenters. The van der Waals surface area contributed by atoms with Crippen molar-refractivity contribution in [2.45, 2.75) is 31.5 Å². The van der Waals surface area contributed by atoms with Crippen molar-refractivity contribution in [2.75, 3.05) is 12.8 Å². The van der Waals surface area contributed by atoms with E-state index < -0.39 is 0 Å². The van der Waals surface area contributed by atoms with Gasteiger partial charge in [-0.05, 0) is 24.3 Å². The molecule has 78 valence electrons. The molecular weight excluding hydrogens is 196 g/mol. The summed E-state index contributed by atoms with van der Waals surface area (Å²) < 4.78 is 5.22. The van der Waals surface area contributed by atoms with Crippen molar-refractivity contribution in [3.63, 3.8) is 0 Å². The Labute approximate surface area is 88.3 Å². The number of methoxy groups -OCH3 is 1. The summed E-state index contributed by atoms with van der Waals surface area (Å²) in [6, 6.07) is 2.57. The van der Waals surface area contributed by atoms with Crippen LogP contribution in [-0.4, -0.2) is 19.3 Å². The molecule has 0 aliphatic heterocycles. The van der Waals surface area contributed by atoms with E-state index in [0.29, 0.717) is 12.1 Å². The second kappa shape index (κ2) is 4.29. The lowest BCUT2D eigenvalue weighted by molar-refractivity contribution is 0.0171. The van der Waals surface area contributed by atoms with E-state index >= 15 is 0 Å². The lowest BCUT2D eigenvalue weighted by Crippen LogP contribution is -2.44. The van der Waals surface area contributed by atoms with Crippen molar-refractivity contribution < 1.29 is 4.74 Å². The summed E-state index contributed by atoms with van der Waals surface area (Å²) in [6.45, 7) is 0.893. The molecule has 1 aliphatic rings. The van der Waals surface area contributed by atoms with Crippen LogP contribution in [0.2, 0.25) is 0 Å². The predicted molar refractivity (Wildman–Crippen MR) is 59.4 cm³/mol. The van der Waals surface area contributed by atoms with Gasteiger partial charge in [0.05, 0.1) is 6.10 Å². The number of nitrogen functional groups attached to an aromatic ring is 1. The molecule has 0 bridgehead atoms. The van der Waals surface area contributed by atoms with Gasteiger partial charge in [-0.15, -0.1) is 11.3 Å². The standard InChI is InChI=1S/C10H16N2OS/c1-13-8-4-7(5-8)12-6-10-9(11)2-3-14-10/h2-3,7-8,12H,4-6,11H2,1H3. The van der Waals surface area contributed by atoms with Crippen molar-refractivity contribution in [1.82, 2.24) is 5.32 Å². The highest BCUT2D eigenvalue weighted by atomic mass is 32.1. The van der Waals surface area contributed by atoms with E-state index in [-0.39, 0.29) is 0 Å². The fourth-order valence-corrected chi connectivity index (χ4v) is 2.41. The molecule has 0 aromatic carbocycles. The van der Waals surface area contributed by atoms with Crippen molar-refractivity contribution >= 4 is 17.0 Å². The molecule has 0 saturated heterocycles. The topological polar surface area (TPSA) is 47.3 Å². The van der Waals surface area contributed by atoms with E-state index in [1.54, 1.807) is 18.4 Å². The first-order chi connectivity index (χ1) is 6.79. The molecule has 1 aliphatic carbocycles. The summed E-state index contributed by atoms with van der Waals surface area (Å²) in [6.07, 6.45) is 2.72. The molecule has 1 fully saturated rings. The Kier molecular flexibility index (Phi) is 3.05. The third kappa shape index (κ3) is 2.08. The second-order valence-electron chi connectivity index (χ2n) is 3.71. The number of ether oxygens (including phenoxy) is 1. The van der Waals surface area contributed by atoms with Gasteiger partial charge in [0.15, 0.2) is 0 Å². The van der Waals surface area contributed by atoms with Crippen LogP contribution in [0.5, 0.6) is 0 Å². The zero-order valence-corrected chi connectivity index (χ0v) is 9.14. The van der Waals surface area contributed by atoms with Crippen molar-refractivity contribution in [3.05, 3.63) is 16.3 Å². The Morgan fingerprint density at radius 3 is 3.00 bits per heavy atom. The Hall–Kier alpha value is -0.580. The van der Waals surface area contributed by atoms with Gasteiger partial charge >= 0.3 is 0 Å². The first-order valence-electron chi connectivity index (χ1n) is 4.87. The van der Waals surface area contributed by atoms with Gasteiger partial charge in [0.1, 0.15) is 0 Å². The number of rotatable bonds is 4. The van der Waals surface area contributed by atoms with Crippen LogP contribution in [0.4, 0.5) is 5.69 Å². The molecule has 14 heavy (non-hydrogen) atoms. The van der Waals surface area contributed by atoms with Gasteiger partial charge in [0.2, 0.25) is 0 Å². The maximum absolute atomic E-state index is 5.79. The molecular formula is C10H16N2OS. The summed E-state index contributed by atoms with van der Waals surface area (Å²) in [4.78, 5) is 1.24. The first kappa shape index (κ1) is 9.96. The average Bonchev–Trinajstić information content (AvgIpc) is 2.49. The Morgan fingerprint density at radius 1 is 1.64 bits per heavy atom. The maximum Gasteiger partial charge on any atom is 0.0601 e. The van der Waals surface area contributed by atoms with E-state index in [1.165, 1.54) is 4.88 Å². The normalized spacial score (nSPS) is 26.1. The van der Waals surface area contributed by atoms with Gasteiger partial charge in [0.25, 0.3) is 0 Å². The molecule has 2 rings (SSSR count). The quantitative estimate of drug-likeness (QED) is 0.797. The lowest BCUT2D eigenvalue weighted by atomic mass is 9.89. The van der Waals surface area contributed by atoms with Gasteiger partial charge in [-0.3, -0.25) is 0 Å². The molecule has 0 spiro atoms. The van der Waals surface area contributed by atoms with Gasteiger partial charge in [-0.25, -0.2) is 0 Å². The molecule has 3 N–H and O–H groups in total. The fourth-order valence-electron chi connectivity index (χ4n) is 1.66. The number of thiophene rings is 1. The van der Waals surface area contributed by atoms with Crippen LogP contribution >= 0.6 is 11.3 Å². The molecule has 4 heteroatoms. The van der Waals surface area contributed by atoms with Crippen LogP contribution in [0.15, 0.2) is 11.4 Å². The minimum Gasteiger partial charge on any atom is -0.398 e. The van der Waals surface area contributed by atoms with Crippen LogP contribution in [0.3, 0.4) is 0 Å². The van der Waals surface area contributed by atoms with E-state index in [9.17, 15) is 0 Å². The molecule has 3 nitrogen and oxygen atoms in total. The molecule has 0 radical (unpaired) electrons. The highest BCUT2D eigenvalue weighted by Crippen LogP contribution is 2.24. The van der Waals surface area contributed by atoms with Crippen molar-refractivity contribution in [1.29, 1.82) is 0 Å². The minimum atomic E-state index is 0.466. The Bertz CT molecular complexity index is 294. The first-order valence-corrected chi connectivity index (χ1v) is 5.75. The number of nitrogens with one attached hydrogen (secondary N) is 1. The van der Waals surface area contributed by atoms with Gasteiger partial charge in [0, 0.05) is 30.3 Å². The highest BCUT2D eigenvalue weighted by molar-refractivity contribution is 7.10.